The Morgan fingerprint density at radius 3 is 1.29 bits per heavy atom. The summed E-state index contributed by atoms with van der Waals surface area (Å²) in [5, 5.41) is 7.90. The lowest BCUT2D eigenvalue weighted by molar-refractivity contribution is -0.206. The molecule has 0 bridgehead atoms. The van der Waals surface area contributed by atoms with Gasteiger partial charge < -0.3 is 5.11 Å². The van der Waals surface area contributed by atoms with Crippen LogP contribution in [0.5, 0.6) is 0 Å². The molecule has 0 spiro atoms. The summed E-state index contributed by atoms with van der Waals surface area (Å²) in [5.74, 6) is -30.5. The van der Waals surface area contributed by atoms with E-state index in [0.717, 1.165) is 0 Å². The lowest BCUT2D eigenvalue weighted by atomic mass is 9.97. The van der Waals surface area contributed by atoms with Crippen LogP contribution in [-0.2, 0) is 14.4 Å². The van der Waals surface area contributed by atoms with Crippen molar-refractivity contribution in [1.82, 2.24) is 0 Å². The number of carbonyl (C=O) groups excluding carboxylic acids is 3. The second-order valence-electron chi connectivity index (χ2n) is 3.50. The first-order valence-corrected chi connectivity index (χ1v) is 4.48. The fourth-order valence-corrected chi connectivity index (χ4v) is 0.883. The van der Waals surface area contributed by atoms with Gasteiger partial charge in [-0.15, -0.1) is 0 Å². The van der Waals surface area contributed by atoms with Crippen molar-refractivity contribution in [2.75, 3.05) is 6.61 Å². The Kier molecular flexibility index (Phi) is 4.86. The predicted molar refractivity (Wildman–Crippen MR) is 43.0 cm³/mol. The topological polar surface area (TPSA) is 71.4 Å². The number of aliphatic hydroxyl groups is 1. The van der Waals surface area contributed by atoms with Crippen molar-refractivity contribution in [3.05, 3.63) is 0 Å². The maximum atomic E-state index is 12.8. The SMILES string of the molecule is O=C(C(F)(F)F)C(F)(F)C(=O)C(F)(F)C(=O)C(F)(F)CO. The molecule has 0 rings (SSSR count). The second kappa shape index (κ2) is 5.27. The van der Waals surface area contributed by atoms with Crippen molar-refractivity contribution in [2.45, 2.75) is 23.9 Å². The van der Waals surface area contributed by atoms with Crippen LogP contribution in [0.3, 0.4) is 0 Å². The number of carbonyl (C=O) groups is 3. The van der Waals surface area contributed by atoms with Gasteiger partial charge in [-0.05, 0) is 0 Å². The fourth-order valence-electron chi connectivity index (χ4n) is 0.883. The maximum Gasteiger partial charge on any atom is 0.456 e. The van der Waals surface area contributed by atoms with Gasteiger partial charge in [0, 0.05) is 0 Å². The summed E-state index contributed by atoms with van der Waals surface area (Å²) >= 11 is 0. The van der Waals surface area contributed by atoms with Crippen LogP contribution in [0.25, 0.3) is 0 Å². The highest BCUT2D eigenvalue weighted by Gasteiger charge is 2.70. The Balaban J connectivity index is 5.71. The van der Waals surface area contributed by atoms with Crippen molar-refractivity contribution in [1.29, 1.82) is 0 Å². The molecule has 0 saturated heterocycles. The van der Waals surface area contributed by atoms with Crippen molar-refractivity contribution in [3.63, 3.8) is 0 Å². The third kappa shape index (κ3) is 3.51. The molecule has 0 aliphatic heterocycles. The van der Waals surface area contributed by atoms with E-state index in [1.807, 2.05) is 0 Å². The molecule has 0 unspecified atom stereocenters. The van der Waals surface area contributed by atoms with E-state index < -0.39 is 47.9 Å². The maximum absolute atomic E-state index is 12.8. The van der Waals surface area contributed by atoms with Gasteiger partial charge in [0.2, 0.25) is 0 Å². The zero-order valence-corrected chi connectivity index (χ0v) is 9.28. The van der Waals surface area contributed by atoms with Gasteiger partial charge in [-0.25, -0.2) is 0 Å². The molecule has 0 heterocycles. The first kappa shape index (κ1) is 19.3. The molecule has 0 aromatic heterocycles. The summed E-state index contributed by atoms with van der Waals surface area (Å²) in [6.45, 7) is -2.62. The minimum atomic E-state index is -6.46. The van der Waals surface area contributed by atoms with E-state index in [1.165, 1.54) is 0 Å². The Morgan fingerprint density at radius 1 is 0.667 bits per heavy atom. The molecular weight excluding hydrogens is 331 g/mol. The predicted octanol–water partition coefficient (Wildman–Crippen LogP) is 1.15. The number of aliphatic hydroxyl groups excluding tert-OH is 1. The van der Waals surface area contributed by atoms with Gasteiger partial charge in [-0.3, -0.25) is 14.4 Å². The van der Waals surface area contributed by atoms with E-state index in [9.17, 15) is 53.9 Å². The normalized spacial score (nSPS) is 14.0. The molecule has 13 heteroatoms. The molecule has 21 heavy (non-hydrogen) atoms. The van der Waals surface area contributed by atoms with Crippen molar-refractivity contribution in [3.8, 4) is 0 Å². The Morgan fingerprint density at radius 2 is 1.00 bits per heavy atom. The molecule has 0 aromatic rings. The van der Waals surface area contributed by atoms with Crippen LogP contribution >= 0.6 is 0 Å². The molecular formula is C8H3F9O4. The van der Waals surface area contributed by atoms with Crippen molar-refractivity contribution < 1.29 is 59.0 Å². The average Bonchev–Trinajstić information content (AvgIpc) is 2.34. The number of Topliss-reactive ketones (excluding diaryl/α,β-unsaturated/α-hetero) is 3. The van der Waals surface area contributed by atoms with Gasteiger partial charge >= 0.3 is 29.7 Å². The molecule has 0 fully saturated rings. The zero-order valence-electron chi connectivity index (χ0n) is 9.28. The zero-order chi connectivity index (χ0) is 17.4. The minimum absolute atomic E-state index is 2.62. The molecule has 0 saturated carbocycles. The van der Waals surface area contributed by atoms with Crippen LogP contribution in [0.1, 0.15) is 0 Å². The van der Waals surface area contributed by atoms with Gasteiger partial charge in [-0.2, -0.15) is 39.5 Å². The van der Waals surface area contributed by atoms with Gasteiger partial charge in [0.05, 0.1) is 0 Å². The number of hydrogen-bond acceptors (Lipinski definition) is 4. The molecule has 0 aliphatic carbocycles. The Bertz CT molecular complexity index is 465. The van der Waals surface area contributed by atoms with Gasteiger partial charge in [0.25, 0.3) is 11.6 Å². The summed E-state index contributed by atoms with van der Waals surface area (Å²) < 4.78 is 111. The monoisotopic (exact) mass is 334 g/mol. The highest BCUT2D eigenvalue weighted by Crippen LogP contribution is 2.36. The highest BCUT2D eigenvalue weighted by atomic mass is 19.4. The summed E-state index contributed by atoms with van der Waals surface area (Å²) in [6, 6.07) is 0. The number of ketones is 3. The molecule has 0 amide bonds. The van der Waals surface area contributed by atoms with E-state index in [2.05, 4.69) is 0 Å². The molecule has 0 atom stereocenters. The highest BCUT2D eigenvalue weighted by molar-refractivity contribution is 6.21. The smallest absolute Gasteiger partial charge is 0.390 e. The molecule has 0 radical (unpaired) electrons. The van der Waals surface area contributed by atoms with Crippen LogP contribution in [0.15, 0.2) is 0 Å². The number of rotatable bonds is 6. The van der Waals surface area contributed by atoms with Crippen LogP contribution < -0.4 is 0 Å². The lowest BCUT2D eigenvalue weighted by Crippen LogP contribution is -2.58. The second-order valence-corrected chi connectivity index (χ2v) is 3.50. The number of halogens is 9. The van der Waals surface area contributed by atoms with E-state index in [-0.39, 0.29) is 0 Å². The third-order valence-corrected chi connectivity index (χ3v) is 1.93. The number of hydrogen-bond donors (Lipinski definition) is 1. The van der Waals surface area contributed by atoms with Crippen molar-refractivity contribution in [2.24, 2.45) is 0 Å². The lowest BCUT2D eigenvalue weighted by Gasteiger charge is -2.23. The Hall–Kier alpha value is -1.66. The quantitative estimate of drug-likeness (QED) is 0.584. The molecule has 0 aromatic carbocycles. The summed E-state index contributed by atoms with van der Waals surface area (Å²) in [4.78, 5) is 31.1. The van der Waals surface area contributed by atoms with E-state index in [0.29, 0.717) is 0 Å². The van der Waals surface area contributed by atoms with Gasteiger partial charge in [0.15, 0.2) is 0 Å². The van der Waals surface area contributed by atoms with Gasteiger partial charge in [-0.1, -0.05) is 0 Å². The van der Waals surface area contributed by atoms with Crippen LogP contribution in [0, 0.1) is 0 Å². The van der Waals surface area contributed by atoms with Crippen LogP contribution in [0.2, 0.25) is 0 Å². The third-order valence-electron chi connectivity index (χ3n) is 1.93. The number of alkyl halides is 9. The van der Waals surface area contributed by atoms with Crippen LogP contribution in [-0.4, -0.2) is 53.0 Å². The van der Waals surface area contributed by atoms with E-state index >= 15 is 0 Å². The van der Waals surface area contributed by atoms with Gasteiger partial charge in [0.1, 0.15) is 6.61 Å². The molecule has 4 nitrogen and oxygen atoms in total. The molecule has 122 valence electrons. The summed E-state index contributed by atoms with van der Waals surface area (Å²) in [5.41, 5.74) is 0. The largest absolute Gasteiger partial charge is 0.456 e. The summed E-state index contributed by atoms with van der Waals surface area (Å²) in [6.07, 6.45) is -6.43. The minimum Gasteiger partial charge on any atom is -0.390 e. The summed E-state index contributed by atoms with van der Waals surface area (Å²) in [7, 11) is 0. The first-order chi connectivity index (χ1) is 9.02. The van der Waals surface area contributed by atoms with E-state index in [4.69, 9.17) is 5.11 Å². The standard InChI is InChI=1S/C8H3F9O4/c9-5(10,1-18)2(19)6(11,12)3(20)7(13,14)4(21)8(15,16)17/h18H,1H2. The van der Waals surface area contributed by atoms with Crippen molar-refractivity contribution >= 4 is 17.3 Å². The Labute approximate surface area is 108 Å². The average molecular weight is 334 g/mol. The molecule has 1 N–H and O–H groups in total. The first-order valence-electron chi connectivity index (χ1n) is 4.48. The molecule has 0 aliphatic rings. The van der Waals surface area contributed by atoms with Crippen LogP contribution in [0.4, 0.5) is 39.5 Å². The van der Waals surface area contributed by atoms with E-state index in [1.54, 1.807) is 0 Å². The fraction of sp³-hybridized carbons (Fsp3) is 0.625.